The van der Waals surface area contributed by atoms with Gasteiger partial charge < -0.3 is 5.32 Å². The summed E-state index contributed by atoms with van der Waals surface area (Å²) >= 11 is 0. The number of hydrogen-bond donors (Lipinski definition) is 1. The normalized spacial score (nSPS) is 16.9. The topological polar surface area (TPSA) is 52.9 Å². The van der Waals surface area contributed by atoms with Gasteiger partial charge >= 0.3 is 0 Å². The van der Waals surface area contributed by atoms with Crippen molar-refractivity contribution in [3.63, 3.8) is 0 Å². The minimum atomic E-state index is -0.381. The van der Waals surface area contributed by atoms with Gasteiger partial charge in [-0.3, -0.25) is 4.79 Å². The third-order valence-electron chi connectivity index (χ3n) is 2.80. The fourth-order valence-corrected chi connectivity index (χ4v) is 1.93. The number of hydrogen-bond acceptors (Lipinski definition) is 3. The molecule has 0 aromatic heterocycles. The van der Waals surface area contributed by atoms with Crippen LogP contribution in [0.25, 0.3) is 0 Å². The summed E-state index contributed by atoms with van der Waals surface area (Å²) in [6.45, 7) is 0. The second-order valence-corrected chi connectivity index (χ2v) is 4.11. The summed E-state index contributed by atoms with van der Waals surface area (Å²) in [5, 5.41) is 12.3. The average Bonchev–Trinajstić information content (AvgIpc) is 2.37. The van der Waals surface area contributed by atoms with Crippen molar-refractivity contribution in [2.45, 2.75) is 25.3 Å². The molecule has 1 atom stereocenters. The van der Waals surface area contributed by atoms with E-state index in [2.05, 4.69) is 11.4 Å². The number of carbonyl (C=O) groups excluding carboxylic acids is 1. The molecule has 0 heterocycles. The molecular formula is C14H14N2O. The lowest BCUT2D eigenvalue weighted by atomic mass is 10.0. The van der Waals surface area contributed by atoms with E-state index in [1.54, 1.807) is 6.08 Å². The smallest absolute Gasteiger partial charge is 0.157 e. The number of benzene rings is 1. The van der Waals surface area contributed by atoms with Crippen LogP contribution >= 0.6 is 0 Å². The summed E-state index contributed by atoms with van der Waals surface area (Å²) < 4.78 is 0. The van der Waals surface area contributed by atoms with E-state index in [1.807, 2.05) is 30.3 Å². The third-order valence-corrected chi connectivity index (χ3v) is 2.80. The number of allylic oxidation sites excluding steroid dienone is 2. The largest absolute Gasteiger partial charge is 0.369 e. The second kappa shape index (κ2) is 5.31. The van der Waals surface area contributed by atoms with Crippen LogP contribution in [0.15, 0.2) is 42.1 Å². The Morgan fingerprint density at radius 2 is 2.00 bits per heavy atom. The highest BCUT2D eigenvalue weighted by molar-refractivity contribution is 5.91. The SMILES string of the molecule is N#CC(NC1=CC(=O)CCC1)c1ccccc1. The Balaban J connectivity index is 2.11. The highest BCUT2D eigenvalue weighted by Gasteiger charge is 2.15. The van der Waals surface area contributed by atoms with Crippen LogP contribution in [0.1, 0.15) is 30.9 Å². The Bertz CT molecular complexity index is 471. The molecule has 2 rings (SSSR count). The molecular weight excluding hydrogens is 212 g/mol. The van der Waals surface area contributed by atoms with E-state index in [4.69, 9.17) is 5.26 Å². The Hall–Kier alpha value is -2.08. The Kier molecular flexibility index (Phi) is 3.56. The monoisotopic (exact) mass is 226 g/mol. The van der Waals surface area contributed by atoms with Crippen molar-refractivity contribution < 1.29 is 4.79 Å². The van der Waals surface area contributed by atoms with Gasteiger partial charge in [-0.1, -0.05) is 30.3 Å². The second-order valence-electron chi connectivity index (χ2n) is 4.11. The van der Waals surface area contributed by atoms with E-state index < -0.39 is 0 Å². The zero-order valence-electron chi connectivity index (χ0n) is 9.52. The number of nitrogens with one attached hydrogen (secondary N) is 1. The van der Waals surface area contributed by atoms with Gasteiger partial charge in [0.15, 0.2) is 5.78 Å². The predicted molar refractivity (Wildman–Crippen MR) is 64.9 cm³/mol. The van der Waals surface area contributed by atoms with Gasteiger partial charge in [-0.25, -0.2) is 0 Å². The highest BCUT2D eigenvalue weighted by Crippen LogP contribution is 2.18. The van der Waals surface area contributed by atoms with Crippen LogP contribution in [-0.4, -0.2) is 5.78 Å². The molecule has 1 aliphatic carbocycles. The molecule has 1 aliphatic rings. The van der Waals surface area contributed by atoms with Gasteiger partial charge in [-0.05, 0) is 18.4 Å². The minimum absolute atomic E-state index is 0.142. The van der Waals surface area contributed by atoms with Crippen molar-refractivity contribution in [1.82, 2.24) is 5.32 Å². The van der Waals surface area contributed by atoms with E-state index in [-0.39, 0.29) is 11.8 Å². The summed E-state index contributed by atoms with van der Waals surface area (Å²) in [5.74, 6) is 0.142. The maximum absolute atomic E-state index is 11.3. The van der Waals surface area contributed by atoms with Crippen molar-refractivity contribution in [2.75, 3.05) is 0 Å². The average molecular weight is 226 g/mol. The van der Waals surface area contributed by atoms with Crippen molar-refractivity contribution in [2.24, 2.45) is 0 Å². The first-order valence-corrected chi connectivity index (χ1v) is 5.74. The van der Waals surface area contributed by atoms with E-state index >= 15 is 0 Å². The van der Waals surface area contributed by atoms with E-state index in [1.165, 1.54) is 0 Å². The number of rotatable bonds is 3. The Morgan fingerprint density at radius 3 is 2.65 bits per heavy atom. The molecule has 86 valence electrons. The zero-order chi connectivity index (χ0) is 12.1. The van der Waals surface area contributed by atoms with Crippen molar-refractivity contribution >= 4 is 5.78 Å². The number of ketones is 1. The lowest BCUT2D eigenvalue weighted by Crippen LogP contribution is -2.22. The van der Waals surface area contributed by atoms with Crippen LogP contribution in [0.4, 0.5) is 0 Å². The standard InChI is InChI=1S/C14H14N2O/c15-10-14(11-5-2-1-3-6-11)16-12-7-4-8-13(17)9-12/h1-3,5-6,9,14,16H,4,7-8H2. The van der Waals surface area contributed by atoms with Crippen LogP contribution in [0.5, 0.6) is 0 Å². The molecule has 1 N–H and O–H groups in total. The molecule has 1 aromatic carbocycles. The molecule has 3 nitrogen and oxygen atoms in total. The zero-order valence-corrected chi connectivity index (χ0v) is 9.52. The summed E-state index contributed by atoms with van der Waals surface area (Å²) in [4.78, 5) is 11.3. The van der Waals surface area contributed by atoms with E-state index in [0.717, 1.165) is 24.1 Å². The van der Waals surface area contributed by atoms with Gasteiger partial charge in [0.2, 0.25) is 0 Å². The summed E-state index contributed by atoms with van der Waals surface area (Å²) in [5.41, 5.74) is 1.80. The maximum Gasteiger partial charge on any atom is 0.157 e. The summed E-state index contributed by atoms with van der Waals surface area (Å²) in [6, 6.07) is 11.4. The van der Waals surface area contributed by atoms with Crippen LogP contribution in [0, 0.1) is 11.3 Å². The molecule has 1 unspecified atom stereocenters. The molecule has 0 fully saturated rings. The maximum atomic E-state index is 11.3. The molecule has 17 heavy (non-hydrogen) atoms. The van der Waals surface area contributed by atoms with Gasteiger partial charge in [0.1, 0.15) is 6.04 Å². The van der Waals surface area contributed by atoms with Crippen molar-refractivity contribution in [3.8, 4) is 6.07 Å². The lowest BCUT2D eigenvalue weighted by molar-refractivity contribution is -0.115. The molecule has 0 aliphatic heterocycles. The van der Waals surface area contributed by atoms with Crippen molar-refractivity contribution in [3.05, 3.63) is 47.7 Å². The van der Waals surface area contributed by atoms with Gasteiger partial charge in [-0.2, -0.15) is 5.26 Å². The molecule has 0 radical (unpaired) electrons. The number of nitriles is 1. The fraction of sp³-hybridized carbons (Fsp3) is 0.286. The quantitative estimate of drug-likeness (QED) is 0.861. The highest BCUT2D eigenvalue weighted by atomic mass is 16.1. The van der Waals surface area contributed by atoms with Crippen LogP contribution in [-0.2, 0) is 4.79 Å². The molecule has 1 aromatic rings. The molecule has 0 spiro atoms. The number of nitrogens with zero attached hydrogens (tertiary/aromatic N) is 1. The van der Waals surface area contributed by atoms with E-state index in [9.17, 15) is 4.79 Å². The summed E-state index contributed by atoms with van der Waals surface area (Å²) in [7, 11) is 0. The van der Waals surface area contributed by atoms with Gasteiger partial charge in [0.05, 0.1) is 6.07 Å². The fourth-order valence-electron chi connectivity index (χ4n) is 1.93. The summed E-state index contributed by atoms with van der Waals surface area (Å²) in [6.07, 6.45) is 3.95. The van der Waals surface area contributed by atoms with Crippen LogP contribution < -0.4 is 5.32 Å². The predicted octanol–water partition coefficient (Wildman–Crippen LogP) is 2.48. The molecule has 0 bridgehead atoms. The first-order chi connectivity index (χ1) is 8.29. The Labute approximate surface area is 101 Å². The Morgan fingerprint density at radius 1 is 1.24 bits per heavy atom. The first-order valence-electron chi connectivity index (χ1n) is 5.74. The molecule has 3 heteroatoms. The first kappa shape index (κ1) is 11.4. The minimum Gasteiger partial charge on any atom is -0.369 e. The lowest BCUT2D eigenvalue weighted by Gasteiger charge is -2.18. The molecule has 0 amide bonds. The van der Waals surface area contributed by atoms with Gasteiger partial charge in [-0.15, -0.1) is 0 Å². The molecule has 0 saturated heterocycles. The third kappa shape index (κ3) is 2.94. The van der Waals surface area contributed by atoms with Gasteiger partial charge in [0, 0.05) is 18.2 Å². The van der Waals surface area contributed by atoms with Crippen LogP contribution in [0.2, 0.25) is 0 Å². The molecule has 0 saturated carbocycles. The number of carbonyl (C=O) groups is 1. The van der Waals surface area contributed by atoms with Crippen molar-refractivity contribution in [1.29, 1.82) is 5.26 Å². The van der Waals surface area contributed by atoms with Gasteiger partial charge in [0.25, 0.3) is 0 Å². The van der Waals surface area contributed by atoms with E-state index in [0.29, 0.717) is 6.42 Å². The van der Waals surface area contributed by atoms with Crippen LogP contribution in [0.3, 0.4) is 0 Å².